The lowest BCUT2D eigenvalue weighted by Crippen LogP contribution is -2.50. The first-order valence-corrected chi connectivity index (χ1v) is 52.0. The number of alkyl halides is 1. The molecule has 148 heavy (non-hydrogen) atoms. The molecule has 0 spiro atoms. The van der Waals surface area contributed by atoms with Gasteiger partial charge in [0.15, 0.2) is 5.78 Å². The van der Waals surface area contributed by atoms with E-state index in [-0.39, 0.29) is 59.5 Å². The molecule has 13 aromatic rings. The second-order valence-corrected chi connectivity index (χ2v) is 42.2. The molecule has 0 aliphatic carbocycles. The largest absolute Gasteiger partial charge is 0.444 e. The number of carbonyl (C=O) groups excluding carboxylic acids is 8. The van der Waals surface area contributed by atoms with Gasteiger partial charge in [-0.3, -0.25) is 58.8 Å². The van der Waals surface area contributed by atoms with Gasteiger partial charge in [0.05, 0.1) is 67.0 Å². The quantitative estimate of drug-likeness (QED) is 0.00574. The van der Waals surface area contributed by atoms with Crippen molar-refractivity contribution in [3.63, 3.8) is 0 Å². The van der Waals surface area contributed by atoms with Crippen LogP contribution in [-0.4, -0.2) is 142 Å². The summed E-state index contributed by atoms with van der Waals surface area (Å²) >= 11 is 7.31. The number of benzene rings is 10. The number of anilines is 1. The molecule has 0 unspecified atom stereocenters. The number of nitrogens with zero attached hydrogens (tertiary/aromatic N) is 6. The molecule has 0 aliphatic rings. The minimum absolute atomic E-state index is 0.0144. The predicted octanol–water partition coefficient (Wildman–Crippen LogP) is 21.1. The fraction of sp³-hybridized carbons (Fsp3) is 0.287. The summed E-state index contributed by atoms with van der Waals surface area (Å²) in [5, 5.41) is 60.7. The molecule has 776 valence electrons. The van der Waals surface area contributed by atoms with Crippen LogP contribution in [0.15, 0.2) is 295 Å². The number of ketones is 1. The molecule has 0 radical (unpaired) electrons. The maximum atomic E-state index is 13.8. The Hall–Kier alpha value is -15.4. The first kappa shape index (κ1) is 115. The Balaban J connectivity index is 0.000000206. The fourth-order valence-electron chi connectivity index (χ4n) is 14.4. The number of nitrogens with one attached hydrogen (secondary N) is 8. The van der Waals surface area contributed by atoms with Gasteiger partial charge >= 0.3 is 34.7 Å². The summed E-state index contributed by atoms with van der Waals surface area (Å²) in [5.41, 5.74) is 8.07. The van der Waals surface area contributed by atoms with Gasteiger partial charge in [-0.15, -0.1) is 34.0 Å². The lowest BCUT2D eigenvalue weighted by Gasteiger charge is -2.25. The zero-order valence-electron chi connectivity index (χ0n) is 83.3. The number of hydrogen-bond donors (Lipinski definition) is 9. The number of non-ortho nitro benzene ring substituents is 3. The molecule has 3 heterocycles. The molecule has 7 amide bonds. The molecule has 0 fully saturated rings. The van der Waals surface area contributed by atoms with Gasteiger partial charge in [0.1, 0.15) is 55.6 Å². The van der Waals surface area contributed by atoms with E-state index < -0.39 is 132 Å². The van der Waals surface area contributed by atoms with Crippen molar-refractivity contribution in [3.05, 3.63) is 380 Å². The summed E-state index contributed by atoms with van der Waals surface area (Å²) in [6.45, 7) is 21.0. The number of amides is 7. The summed E-state index contributed by atoms with van der Waals surface area (Å²) < 4.78 is 54.9. The maximum absolute atomic E-state index is 13.8. The van der Waals surface area contributed by atoms with Crippen LogP contribution < -0.4 is 41.9 Å². The number of rotatable bonds is 37. The van der Waals surface area contributed by atoms with Crippen LogP contribution in [0.3, 0.4) is 0 Å². The van der Waals surface area contributed by atoms with Gasteiger partial charge in [-0.25, -0.2) is 34.1 Å². The highest BCUT2D eigenvalue weighted by molar-refractivity contribution is 9.09. The highest BCUT2D eigenvalue weighted by Crippen LogP contribution is 2.34. The maximum Gasteiger partial charge on any atom is 0.408 e. The van der Waals surface area contributed by atoms with Crippen LogP contribution in [-0.2, 0) is 93.4 Å². The molecule has 0 saturated heterocycles. The molecule has 40 heteroatoms. The second kappa shape index (κ2) is 54.2. The molecule has 7 atom stereocenters. The van der Waals surface area contributed by atoms with E-state index >= 15 is 0 Å². The van der Waals surface area contributed by atoms with Gasteiger partial charge in [0.25, 0.3) is 17.1 Å². The van der Waals surface area contributed by atoms with Crippen molar-refractivity contribution >= 4 is 131 Å². The highest BCUT2D eigenvalue weighted by Gasteiger charge is 2.34. The van der Waals surface area contributed by atoms with Crippen molar-refractivity contribution in [3.8, 4) is 33.8 Å². The first-order chi connectivity index (χ1) is 70.1. The first-order valence-electron chi connectivity index (χ1n) is 46.8. The van der Waals surface area contributed by atoms with E-state index in [1.807, 2.05) is 203 Å². The Morgan fingerprint density at radius 1 is 0.324 bits per heavy atom. The van der Waals surface area contributed by atoms with Crippen molar-refractivity contribution in [2.24, 2.45) is 0 Å². The number of ether oxygens (including phenoxy) is 4. The number of nitro groups is 3. The van der Waals surface area contributed by atoms with Crippen LogP contribution in [0.2, 0.25) is 0 Å². The number of alkyl carbamates (subject to hydrolysis) is 4. The average Bonchev–Trinajstić information content (AvgIpc) is 1.69. The van der Waals surface area contributed by atoms with E-state index in [9.17, 15) is 77.1 Å². The third-order valence-corrected chi connectivity index (χ3v) is 25.0. The SMILES string of the molecule is CC(C)(C)OC(=O)N[C@@H](Cc1ccc([N+](=O)[O-])cc1)C(=O)CBr.CC(C)(C)OC(=O)N[C@@H](Cc1ccccc1)C(=O)N[C@@H](Cc1ccc(NS(=O)(=O)O)cc1)c1nc(-c2ccccc2)cs1.CC(C)(C)OC(=O)N[C@@H](Cc1ccccc1)C(=O)N[C@@H](Cc1ccc([N+](=O)[O-])cc1)c1nc(-c2ccccc2)cs1.CC(C)(C)OC(=O)N[C@@H](Cc1ccccc1)C(=O)N[C@@H](Cc1ccc([N+](=O)[O-])cc1)c1nc(-c2ccccc2)cs1. The number of halogens is 1. The third kappa shape index (κ3) is 39.9. The second-order valence-electron chi connectivity index (χ2n) is 37.8. The Bertz CT molecular complexity index is 6480. The monoisotopic (exact) mass is 2150 g/mol. The summed E-state index contributed by atoms with van der Waals surface area (Å²) in [4.78, 5) is 149. The number of carbonyl (C=O) groups is 8. The third-order valence-electron chi connectivity index (χ3n) is 21.1. The molecule has 9 N–H and O–H groups in total. The number of hydrogen-bond acceptors (Lipinski definition) is 26. The van der Waals surface area contributed by atoms with Gasteiger partial charge in [-0.1, -0.05) is 246 Å². The summed E-state index contributed by atoms with van der Waals surface area (Å²) in [5.74, 6) is -1.43. The van der Waals surface area contributed by atoms with Crippen molar-refractivity contribution in [2.45, 2.75) is 193 Å². The number of nitro benzene ring substituents is 3. The van der Waals surface area contributed by atoms with Gasteiger partial charge in [-0.2, -0.15) is 8.42 Å². The minimum Gasteiger partial charge on any atom is -0.444 e. The van der Waals surface area contributed by atoms with Gasteiger partial charge < -0.3 is 56.2 Å². The Kier molecular flexibility index (Phi) is 41.9. The van der Waals surface area contributed by atoms with Crippen molar-refractivity contribution in [1.29, 1.82) is 0 Å². The van der Waals surface area contributed by atoms with Gasteiger partial charge in [0.2, 0.25) is 17.7 Å². The minimum atomic E-state index is -4.41. The predicted molar refractivity (Wildman–Crippen MR) is 573 cm³/mol. The van der Waals surface area contributed by atoms with E-state index in [1.54, 1.807) is 132 Å². The number of thiazole rings is 3. The molecule has 35 nitrogen and oxygen atoms in total. The van der Waals surface area contributed by atoms with E-state index in [1.165, 1.54) is 82.5 Å². The molecule has 0 aliphatic heterocycles. The van der Waals surface area contributed by atoms with Crippen LogP contribution in [0.1, 0.15) is 155 Å². The van der Waals surface area contributed by atoms with Crippen LogP contribution >= 0.6 is 49.9 Å². The lowest BCUT2D eigenvalue weighted by molar-refractivity contribution is -0.385. The topological polar surface area (TPSA) is 492 Å². The van der Waals surface area contributed by atoms with Crippen molar-refractivity contribution in [1.82, 2.24) is 52.2 Å². The van der Waals surface area contributed by atoms with E-state index in [0.29, 0.717) is 39.8 Å². The normalized spacial score (nSPS) is 12.7. The average molecular weight is 2160 g/mol. The van der Waals surface area contributed by atoms with E-state index in [0.717, 1.165) is 67.2 Å². The lowest BCUT2D eigenvalue weighted by atomic mass is 10.0. The zero-order chi connectivity index (χ0) is 107. The molecule has 0 bridgehead atoms. The molecular weight excluding hydrogens is 2040 g/mol. The fourth-order valence-corrected chi connectivity index (χ4v) is 17.8. The van der Waals surface area contributed by atoms with Crippen LogP contribution in [0, 0.1) is 30.3 Å². The number of Topliss-reactive ketones (excluding diaryl/α,β-unsaturated/α-hetero) is 1. The molecule has 3 aromatic heterocycles. The highest BCUT2D eigenvalue weighted by atomic mass is 79.9. The van der Waals surface area contributed by atoms with E-state index in [4.69, 9.17) is 38.5 Å². The molecule has 10 aromatic carbocycles. The smallest absolute Gasteiger partial charge is 0.408 e. The van der Waals surface area contributed by atoms with Crippen LogP contribution in [0.5, 0.6) is 0 Å². The van der Waals surface area contributed by atoms with Crippen LogP contribution in [0.25, 0.3) is 33.8 Å². The summed E-state index contributed by atoms with van der Waals surface area (Å²) in [7, 11) is -4.41. The zero-order valence-corrected chi connectivity index (χ0v) is 88.1. The standard InChI is InChI=1S/C31H34N4O6S2.2C31H32N4O5S.C15H19BrN2O5/c1-31(2,3)41-30(37)34-25(18-21-10-6-4-7-11-21)28(36)32-26(19-22-14-16-24(17-15-22)35-43(38,39)40)29-33-27(20-42-29)23-12-8-5-9-13-23;2*1-31(2,3)40-30(37)34-25(18-21-10-6-4-7-11-21)28(36)32-26(19-22-14-16-24(17-15-22)35(38)39)29-33-27(20-41-29)23-12-8-5-9-13-23;1-15(2,3)23-14(20)17-12(13(19)9-16)8-10-4-6-11(7-5-10)18(21)22/h4-17,20,25-26,35H,18-19H2,1-3H3,(H,32,36)(H,34,37)(H,38,39,40);2*4-17,20,25-26H,18-19H2,1-3H3,(H,32,36)(H,34,37);4-7,12H,8-9H2,1-3H3,(H,17,20)/t3*25-,26-;12-/m0000/s1. The van der Waals surface area contributed by atoms with Gasteiger partial charge in [-0.05, 0) is 160 Å². The van der Waals surface area contributed by atoms with E-state index in [2.05, 4.69) is 53.1 Å². The van der Waals surface area contributed by atoms with Crippen molar-refractivity contribution in [2.75, 3.05) is 10.1 Å². The molecule has 0 saturated carbocycles. The van der Waals surface area contributed by atoms with Gasteiger partial charge in [0, 0.05) is 88.5 Å². The Morgan fingerprint density at radius 3 is 0.770 bits per heavy atom. The molecular formula is C108H117BrN14O21S4. The summed E-state index contributed by atoms with van der Waals surface area (Å²) in [6, 6.07) is 76.7. The Labute approximate surface area is 878 Å². The Morgan fingerprint density at radius 2 is 0.541 bits per heavy atom. The summed E-state index contributed by atoms with van der Waals surface area (Å²) in [6.07, 6.45) is -0.796. The van der Waals surface area contributed by atoms with Crippen LogP contribution in [0.4, 0.5) is 41.9 Å². The molecule has 13 rings (SSSR count). The van der Waals surface area contributed by atoms with Crippen molar-refractivity contribution < 1.29 is 85.0 Å². The number of aromatic nitrogens is 3.